The zero-order valence-corrected chi connectivity index (χ0v) is 103. The van der Waals surface area contributed by atoms with Crippen molar-refractivity contribution in [3.63, 3.8) is 0 Å². The molecule has 4 heterocycles. The maximum absolute atomic E-state index is 11.4. The van der Waals surface area contributed by atoms with Crippen LogP contribution in [0, 0.1) is 355 Å². The maximum Gasteiger partial charge on any atom is 2.00 e. The molecule has 11 aromatic rings. The standard InChI is InChI=1S/C11H12O2.2C11H11O.C11H9O.C10H7O.C8H6S2.2C4H3S.CH2Cl2.BBr3.2BrH.2Mg.8Th/c1-13-9-5-6-10-8(7-9)3-2-4-11(10)12;3*1-12-11-7-6-9-4-2-3-5-10(9)8-11;11-10-6-5-8-3-1-2-4-9(8)7-10;1-3-7(9-5-1)8-4-2-6-10-8;2*1-2-4-5-3-1;2-1-3;2-1(3)4;;;;;;;;;;;;/h5-7H,2-4H2,1H3;2*2,6-8H,3,5H2,1H3;2-3,5-8H,1H3;1-2,4-7,11H;1-6H;2*1-3H;1H2;;2*1H;;;;;;;;;;/q;4*-1;;2*-1;;;;;2*+2;;;;;;;;/p-2. The van der Waals surface area contributed by atoms with E-state index in [1.807, 2.05) is 126 Å². The molecule has 3 aliphatic carbocycles. The van der Waals surface area contributed by atoms with Crippen LogP contribution in [-0.2, 0) is 19.3 Å². The van der Waals surface area contributed by atoms with Crippen LogP contribution in [0.5, 0.6) is 28.7 Å². The summed E-state index contributed by atoms with van der Waals surface area (Å²) in [4.78, 5) is 14.2. The number of Topliss-reactive ketones (excluding diaryl/α,β-unsaturated/α-hetero) is 1. The molecule has 0 aliphatic heterocycles. The van der Waals surface area contributed by atoms with Crippen LogP contribution in [0.25, 0.3) is 31.3 Å². The second kappa shape index (κ2) is 77.7. The van der Waals surface area contributed by atoms with E-state index in [2.05, 4.69) is 154 Å². The van der Waals surface area contributed by atoms with E-state index in [0.717, 1.165) is 94.2 Å². The third-order valence-electron chi connectivity index (χ3n) is 12.3. The zero-order chi connectivity index (χ0) is 62.3. The molecule has 6 nitrogen and oxygen atoms in total. The van der Waals surface area contributed by atoms with Crippen molar-refractivity contribution >= 4 is 192 Å². The molecule has 14 rings (SSSR count). The molecule has 28 heteroatoms. The minimum absolute atomic E-state index is 0. The van der Waals surface area contributed by atoms with Gasteiger partial charge in [0, 0.05) is 341 Å². The number of phenolic OH excluding ortho intramolecular Hbond substituents is 1. The molecule has 0 amide bonds. The predicted octanol–water partition coefficient (Wildman–Crippen LogP) is 15.3. The topological polar surface area (TPSA) is 74.2 Å². The molecule has 0 saturated carbocycles. The Hall–Kier alpha value is 7.18. The van der Waals surface area contributed by atoms with E-state index in [0.29, 0.717) is 12.2 Å². The van der Waals surface area contributed by atoms with E-state index in [4.69, 9.17) is 47.3 Å². The maximum atomic E-state index is 11.4. The number of aryl methyl sites for hydroxylation is 3. The smallest absolute Gasteiger partial charge is 1.00 e. The van der Waals surface area contributed by atoms with Crippen LogP contribution < -0.4 is 52.9 Å². The van der Waals surface area contributed by atoms with Gasteiger partial charge in [-0.25, -0.2) is 12.1 Å². The Morgan fingerprint density at radius 3 is 1.25 bits per heavy atom. The predicted molar refractivity (Wildman–Crippen MR) is 395 cm³/mol. The van der Waals surface area contributed by atoms with Gasteiger partial charge in [0.25, 0.3) is 0 Å². The van der Waals surface area contributed by atoms with Gasteiger partial charge in [0.15, 0.2) is 5.78 Å². The van der Waals surface area contributed by atoms with Crippen LogP contribution in [0.2, 0.25) is 0 Å². The normalized spacial score (nSPS) is 10.1. The fraction of sp³-hybridized carbons (Fsp3) is 0.169. The molecule has 0 atom stereocenters. The fourth-order valence-corrected chi connectivity index (χ4v) is 10.6. The van der Waals surface area contributed by atoms with Gasteiger partial charge in [-0.3, -0.25) is 4.79 Å². The summed E-state index contributed by atoms with van der Waals surface area (Å²) in [5, 5.41) is 27.6. The number of carbonyl (C=O) groups excluding carboxylic acids is 1. The SMILES string of the molecule is BrB(Br)Br.COc1ccc2[c-]cccc2c1.COc1ccc2c(c1)CCC=[C-]2.COc1ccc2c(c1)CCC=[C-]2.COc1ccc2c(c1)CCCC2=O.ClCCl.Oc1ccc2[c-]cccc2c1.[Br-].[Br-].[Mg+2].[Mg+2].[Th].[Th].[Th].[Th].[Th].[Th].[Th].[Th].[c-]1cccs1.[c-]1cccs1.c1csc(-c2cccs2)c1. The van der Waals surface area contributed by atoms with E-state index in [1.165, 1.54) is 32.0 Å². The first kappa shape index (κ1) is 122. The number of aromatic hydroxyl groups is 1. The minimum Gasteiger partial charge on any atom is -1.00 e. The monoisotopic (exact) mass is 3520 g/mol. The van der Waals surface area contributed by atoms with Crippen molar-refractivity contribution < 1.29 is 382 Å². The Morgan fingerprint density at radius 2 is 0.869 bits per heavy atom. The van der Waals surface area contributed by atoms with Crippen molar-refractivity contribution in [2.75, 3.05) is 33.8 Å². The summed E-state index contributed by atoms with van der Waals surface area (Å²) in [6.07, 6.45) is 17.7. The Morgan fingerprint density at radius 1 is 0.475 bits per heavy atom. The van der Waals surface area contributed by atoms with Crippen LogP contribution in [0.3, 0.4) is 0 Å². The molecule has 1 N–H and O–H groups in total. The zero-order valence-electron chi connectivity index (χ0n) is 54.6. The van der Waals surface area contributed by atoms with Crippen molar-refractivity contribution in [3.8, 4) is 38.5 Å². The number of ketones is 1. The van der Waals surface area contributed by atoms with Crippen LogP contribution in [0.1, 0.15) is 63.9 Å². The van der Waals surface area contributed by atoms with Crippen LogP contribution in [0.4, 0.5) is 0 Å². The van der Waals surface area contributed by atoms with Crippen LogP contribution in [-0.4, -0.2) is 94.0 Å². The quantitative estimate of drug-likeness (QED) is 0.105. The second-order valence-electron chi connectivity index (χ2n) is 18.0. The summed E-state index contributed by atoms with van der Waals surface area (Å²) < 4.78 is 20.8. The van der Waals surface area contributed by atoms with E-state index in [-0.39, 0.29) is 414 Å². The Balaban J connectivity index is -0.000000156. The van der Waals surface area contributed by atoms with Gasteiger partial charge in [0.1, 0.15) is 11.5 Å². The number of halogens is 7. The molecule has 4 aromatic heterocycles. The molecule has 99 heavy (non-hydrogen) atoms. The van der Waals surface area contributed by atoms with Gasteiger partial charge < -0.3 is 80.7 Å². The van der Waals surface area contributed by atoms with Crippen LogP contribution >= 0.6 is 116 Å². The van der Waals surface area contributed by atoms with E-state index in [1.54, 1.807) is 85.9 Å². The van der Waals surface area contributed by atoms with E-state index < -0.39 is 0 Å². The number of rotatable bonds is 5. The van der Waals surface area contributed by atoms with Crippen molar-refractivity contribution in [1.29, 1.82) is 0 Å². The second-order valence-corrected chi connectivity index (χ2v) is 28.6. The molecule has 0 fully saturated rings. The van der Waals surface area contributed by atoms with Gasteiger partial charge >= 0.3 is 49.3 Å². The molecule has 0 spiro atoms. The molecule has 0 bridgehead atoms. The molecular weight excluding hydrogens is 3460 g/mol. The van der Waals surface area contributed by atoms with Gasteiger partial charge in [0.05, 0.1) is 51.0 Å². The number of fused-ring (bicyclic) bond motifs is 5. The first-order valence-corrected chi connectivity index (χ1v) is 34.5. The molecule has 500 valence electrons. The Bertz CT molecular complexity index is 3580. The number of hydrogen-bond donors (Lipinski definition) is 1. The average Bonchev–Trinajstić information content (AvgIpc) is 1.79. The summed E-state index contributed by atoms with van der Waals surface area (Å²) >= 11 is 25.6. The number of phenols is 1. The summed E-state index contributed by atoms with van der Waals surface area (Å²) in [5.41, 5.74) is 7.13. The number of methoxy groups -OCH3 is 4. The van der Waals surface area contributed by atoms with Gasteiger partial charge in [-0.2, -0.15) is 58.3 Å². The molecule has 0 saturated heterocycles. The number of benzene rings is 7. The van der Waals surface area contributed by atoms with E-state index in [9.17, 15) is 4.79 Å². The summed E-state index contributed by atoms with van der Waals surface area (Å²) in [6.45, 7) is 0. The van der Waals surface area contributed by atoms with Crippen molar-refractivity contribution in [1.82, 2.24) is 0 Å². The van der Waals surface area contributed by atoms with E-state index >= 15 is 0 Å². The average molecular weight is 3530 g/mol. The number of hydrogen-bond acceptors (Lipinski definition) is 10. The molecular formula is C71H64BBr5Cl2Mg2O6S4Th8-4. The van der Waals surface area contributed by atoms with Gasteiger partial charge in [-0.05, 0) is 59.5 Å². The van der Waals surface area contributed by atoms with Gasteiger partial charge in [-0.15, -0.1) is 209 Å². The number of carbonyl (C=O) groups is 1. The largest absolute Gasteiger partial charge is 2.00 e. The van der Waals surface area contributed by atoms with Crippen LogP contribution in [0.15, 0.2) is 210 Å². The van der Waals surface area contributed by atoms with Crippen molar-refractivity contribution in [2.45, 2.75) is 44.9 Å². The summed E-state index contributed by atoms with van der Waals surface area (Å²) in [6, 6.07) is 63.2. The summed E-state index contributed by atoms with van der Waals surface area (Å²) in [7, 11) is 6.72. The van der Waals surface area contributed by atoms with Crippen molar-refractivity contribution in [3.05, 3.63) is 278 Å². The number of thiophene rings is 4. The number of alkyl halides is 2. The number of allylic oxidation sites excluding steroid dienone is 2. The molecule has 0 radical (unpaired) electrons. The fourth-order valence-electron chi connectivity index (χ4n) is 8.23. The third-order valence-corrected chi connectivity index (χ3v) is 15.3. The van der Waals surface area contributed by atoms with Gasteiger partial charge in [0.2, 0.25) is 0 Å². The summed E-state index contributed by atoms with van der Waals surface area (Å²) in [5.74, 6) is 4.19. The molecule has 7 aromatic carbocycles. The molecule has 3 aliphatic rings. The number of ether oxygens (including phenoxy) is 4. The first-order chi connectivity index (χ1) is 42.5. The Kier molecular flexibility index (Phi) is 95.7. The third kappa shape index (κ3) is 52.4. The minimum atomic E-state index is 0. The van der Waals surface area contributed by atoms with Crippen molar-refractivity contribution in [2.24, 2.45) is 0 Å². The first-order valence-electron chi connectivity index (χ1n) is 27.1. The molecule has 0 unspecified atom stereocenters. The van der Waals surface area contributed by atoms with Gasteiger partial charge in [-0.1, -0.05) is 86.3 Å². The Labute approximate surface area is 948 Å².